The first-order valence-electron chi connectivity index (χ1n) is 4.71. The highest BCUT2D eigenvalue weighted by molar-refractivity contribution is 6.33. The predicted molar refractivity (Wildman–Crippen MR) is 60.6 cm³/mol. The number of amides is 1. The number of halogens is 1. The molecule has 0 aliphatic carbocycles. The van der Waals surface area contributed by atoms with Crippen LogP contribution in [-0.4, -0.2) is 11.9 Å². The fourth-order valence-corrected chi connectivity index (χ4v) is 1.95. The third kappa shape index (κ3) is 1.85. The van der Waals surface area contributed by atoms with Crippen molar-refractivity contribution in [2.24, 2.45) is 0 Å². The van der Waals surface area contributed by atoms with Gasteiger partial charge in [-0.2, -0.15) is 0 Å². The zero-order valence-corrected chi connectivity index (χ0v) is 9.08. The fourth-order valence-electron chi connectivity index (χ4n) is 1.67. The summed E-state index contributed by atoms with van der Waals surface area (Å²) >= 11 is 6.05. The molecule has 1 fully saturated rings. The Morgan fingerprint density at radius 3 is 2.87 bits per heavy atom. The minimum absolute atomic E-state index is 0.00962. The molecule has 0 spiro atoms. The molecule has 2 rings (SSSR count). The highest BCUT2D eigenvalue weighted by Gasteiger charge is 2.27. The molecule has 3 N–H and O–H groups in total. The van der Waals surface area contributed by atoms with Crippen molar-refractivity contribution < 1.29 is 4.79 Å². The van der Waals surface area contributed by atoms with Gasteiger partial charge in [-0.25, -0.2) is 0 Å². The van der Waals surface area contributed by atoms with Crippen molar-refractivity contribution in [3.05, 3.63) is 23.2 Å². The van der Waals surface area contributed by atoms with E-state index in [1.807, 2.05) is 6.92 Å². The van der Waals surface area contributed by atoms with Gasteiger partial charge in [-0.15, -0.1) is 0 Å². The Bertz CT molecular complexity index is 408. The molecule has 4 nitrogen and oxygen atoms in total. The largest absolute Gasteiger partial charge is 0.399 e. The molecule has 1 heterocycles. The number of nitrogens with two attached hydrogens (primary N) is 1. The molecule has 0 aromatic heterocycles. The summed E-state index contributed by atoms with van der Waals surface area (Å²) in [5.41, 5.74) is 9.74. The topological polar surface area (TPSA) is 58.4 Å². The summed E-state index contributed by atoms with van der Waals surface area (Å²) in [7, 11) is 0. The lowest BCUT2D eigenvalue weighted by Gasteiger charge is -2.23. The van der Waals surface area contributed by atoms with Crippen LogP contribution in [0.2, 0.25) is 5.02 Å². The first-order chi connectivity index (χ1) is 7.08. The second-order valence-electron chi connectivity index (χ2n) is 3.67. The van der Waals surface area contributed by atoms with Gasteiger partial charge in [0.2, 0.25) is 5.91 Å². The number of hydrogen-bond acceptors (Lipinski definition) is 3. The van der Waals surface area contributed by atoms with Gasteiger partial charge < -0.3 is 5.73 Å². The van der Waals surface area contributed by atoms with Crippen molar-refractivity contribution in [3.63, 3.8) is 0 Å². The summed E-state index contributed by atoms with van der Waals surface area (Å²) < 4.78 is 0. The van der Waals surface area contributed by atoms with Crippen molar-refractivity contribution in [3.8, 4) is 0 Å². The molecule has 1 amide bonds. The Hall–Kier alpha value is -1.42. The third-order valence-electron chi connectivity index (χ3n) is 2.40. The number of anilines is 2. The zero-order chi connectivity index (χ0) is 11.0. The zero-order valence-electron chi connectivity index (χ0n) is 8.33. The standard InChI is InChI=1S/C10H12ClN3O/c1-6-4-10(15)13-14(6)9-3-2-7(12)5-8(9)11/h2-3,5-6H,4,12H2,1H3,(H,13,15). The Kier molecular flexibility index (Phi) is 2.44. The molecule has 0 saturated carbocycles. The number of benzene rings is 1. The van der Waals surface area contributed by atoms with E-state index in [0.717, 1.165) is 5.69 Å². The molecule has 1 aromatic rings. The van der Waals surface area contributed by atoms with E-state index in [1.165, 1.54) is 0 Å². The average Bonchev–Trinajstić information content (AvgIpc) is 2.45. The maximum absolute atomic E-state index is 11.2. The van der Waals surface area contributed by atoms with Crippen LogP contribution in [0.25, 0.3) is 0 Å². The van der Waals surface area contributed by atoms with Gasteiger partial charge in [-0.1, -0.05) is 11.6 Å². The van der Waals surface area contributed by atoms with E-state index in [-0.39, 0.29) is 11.9 Å². The maximum Gasteiger partial charge on any atom is 0.240 e. The monoisotopic (exact) mass is 225 g/mol. The molecular weight excluding hydrogens is 214 g/mol. The number of rotatable bonds is 1. The smallest absolute Gasteiger partial charge is 0.240 e. The van der Waals surface area contributed by atoms with Crippen LogP contribution >= 0.6 is 11.6 Å². The maximum atomic E-state index is 11.2. The lowest BCUT2D eigenvalue weighted by atomic mass is 10.2. The number of carbonyl (C=O) groups excluding carboxylic acids is 1. The molecule has 80 valence electrons. The van der Waals surface area contributed by atoms with Crippen LogP contribution in [-0.2, 0) is 4.79 Å². The van der Waals surface area contributed by atoms with Crippen LogP contribution in [0.4, 0.5) is 11.4 Å². The van der Waals surface area contributed by atoms with Gasteiger partial charge in [0.1, 0.15) is 0 Å². The van der Waals surface area contributed by atoms with E-state index >= 15 is 0 Å². The van der Waals surface area contributed by atoms with Gasteiger partial charge in [0.05, 0.1) is 23.2 Å². The number of nitrogen functional groups attached to an aromatic ring is 1. The predicted octanol–water partition coefficient (Wildman–Crippen LogP) is 1.55. The summed E-state index contributed by atoms with van der Waals surface area (Å²) in [6, 6.07) is 5.35. The Morgan fingerprint density at radius 2 is 2.33 bits per heavy atom. The Balaban J connectivity index is 2.33. The van der Waals surface area contributed by atoms with Gasteiger partial charge in [0, 0.05) is 5.69 Å². The molecule has 1 saturated heterocycles. The summed E-state index contributed by atoms with van der Waals surface area (Å²) in [6.07, 6.45) is 0.487. The van der Waals surface area contributed by atoms with Crippen molar-refractivity contribution in [1.29, 1.82) is 0 Å². The van der Waals surface area contributed by atoms with Crippen molar-refractivity contribution in [2.75, 3.05) is 10.7 Å². The van der Waals surface area contributed by atoms with Crippen LogP contribution in [0.3, 0.4) is 0 Å². The number of nitrogens with one attached hydrogen (secondary N) is 1. The second-order valence-corrected chi connectivity index (χ2v) is 4.08. The number of hydrazine groups is 1. The molecule has 1 aliphatic heterocycles. The first-order valence-corrected chi connectivity index (χ1v) is 5.09. The van der Waals surface area contributed by atoms with E-state index in [9.17, 15) is 4.79 Å². The quantitative estimate of drug-likeness (QED) is 0.713. The molecule has 1 aliphatic rings. The van der Waals surface area contributed by atoms with Gasteiger partial charge >= 0.3 is 0 Å². The Morgan fingerprint density at radius 1 is 1.60 bits per heavy atom. The number of carbonyl (C=O) groups is 1. The van der Waals surface area contributed by atoms with E-state index in [0.29, 0.717) is 17.1 Å². The van der Waals surface area contributed by atoms with Crippen LogP contribution < -0.4 is 16.2 Å². The molecule has 1 atom stereocenters. The molecule has 1 unspecified atom stereocenters. The van der Waals surface area contributed by atoms with E-state index in [1.54, 1.807) is 23.2 Å². The molecule has 5 heteroatoms. The van der Waals surface area contributed by atoms with E-state index < -0.39 is 0 Å². The van der Waals surface area contributed by atoms with Crippen LogP contribution in [0, 0.1) is 0 Å². The number of hydrogen-bond donors (Lipinski definition) is 2. The minimum atomic E-state index is 0.00962. The van der Waals surface area contributed by atoms with Crippen LogP contribution in [0.5, 0.6) is 0 Å². The summed E-state index contributed by atoms with van der Waals surface area (Å²) in [4.78, 5) is 11.2. The summed E-state index contributed by atoms with van der Waals surface area (Å²) in [5.74, 6) is 0.00962. The normalized spacial score (nSPS) is 20.5. The lowest BCUT2D eigenvalue weighted by molar-refractivity contribution is -0.119. The van der Waals surface area contributed by atoms with Crippen LogP contribution in [0.1, 0.15) is 13.3 Å². The summed E-state index contributed by atoms with van der Waals surface area (Å²) in [6.45, 7) is 1.96. The van der Waals surface area contributed by atoms with Gasteiger partial charge in [0.15, 0.2) is 0 Å². The third-order valence-corrected chi connectivity index (χ3v) is 2.70. The van der Waals surface area contributed by atoms with Crippen molar-refractivity contribution in [1.82, 2.24) is 5.43 Å². The highest BCUT2D eigenvalue weighted by atomic mass is 35.5. The van der Waals surface area contributed by atoms with Crippen molar-refractivity contribution in [2.45, 2.75) is 19.4 Å². The Labute approximate surface area is 93.0 Å². The molecule has 0 radical (unpaired) electrons. The van der Waals surface area contributed by atoms with Gasteiger partial charge in [0.25, 0.3) is 0 Å². The SMILES string of the molecule is CC1CC(=O)NN1c1ccc(N)cc1Cl. The molecule has 15 heavy (non-hydrogen) atoms. The molecular formula is C10H12ClN3O. The van der Waals surface area contributed by atoms with E-state index in [4.69, 9.17) is 17.3 Å². The lowest BCUT2D eigenvalue weighted by Crippen LogP contribution is -2.37. The summed E-state index contributed by atoms with van der Waals surface area (Å²) in [5, 5.41) is 2.31. The van der Waals surface area contributed by atoms with Gasteiger partial charge in [-0.3, -0.25) is 15.2 Å². The first kappa shape index (κ1) is 10.1. The van der Waals surface area contributed by atoms with E-state index in [2.05, 4.69) is 5.43 Å². The van der Waals surface area contributed by atoms with Crippen molar-refractivity contribution >= 4 is 28.9 Å². The highest BCUT2D eigenvalue weighted by Crippen LogP contribution is 2.30. The molecule has 1 aromatic carbocycles. The average molecular weight is 226 g/mol. The fraction of sp³-hybridized carbons (Fsp3) is 0.300. The second kappa shape index (κ2) is 3.62. The van der Waals surface area contributed by atoms with Gasteiger partial charge in [-0.05, 0) is 25.1 Å². The molecule has 0 bridgehead atoms. The minimum Gasteiger partial charge on any atom is -0.399 e. The van der Waals surface area contributed by atoms with Crippen LogP contribution in [0.15, 0.2) is 18.2 Å². The number of nitrogens with zero attached hydrogens (tertiary/aromatic N) is 1.